The van der Waals surface area contributed by atoms with Crippen LogP contribution in [0.15, 0.2) is 42.5 Å². The van der Waals surface area contributed by atoms with E-state index in [1.807, 2.05) is 0 Å². The molecule has 0 heterocycles. The molecule has 5 nitrogen and oxygen atoms in total. The van der Waals surface area contributed by atoms with Gasteiger partial charge in [0.2, 0.25) is 0 Å². The van der Waals surface area contributed by atoms with Gasteiger partial charge in [0.05, 0.1) is 11.0 Å². The second-order valence-electron chi connectivity index (χ2n) is 4.37. The molecule has 0 saturated heterocycles. The number of aliphatic hydroxyl groups excluding tert-OH is 1. The summed E-state index contributed by atoms with van der Waals surface area (Å²) >= 11 is 0. The fourth-order valence-electron chi connectivity index (χ4n) is 1.82. The number of anilines is 1. The molecule has 2 aromatic carbocycles. The minimum atomic E-state index is -1.01. The first kappa shape index (κ1) is 14.9. The van der Waals surface area contributed by atoms with E-state index in [0.717, 1.165) is 18.2 Å². The predicted octanol–water partition coefficient (Wildman–Crippen LogP) is 3.02. The molecule has 2 aromatic rings. The fraction of sp³-hybridized carbons (Fsp3) is 0.143. The molecule has 0 aromatic heterocycles. The minimum Gasteiger partial charge on any atom is -0.387 e. The van der Waals surface area contributed by atoms with E-state index in [2.05, 4.69) is 5.32 Å². The lowest BCUT2D eigenvalue weighted by atomic mass is 10.1. The second kappa shape index (κ2) is 6.27. The molecule has 2 N–H and O–H groups in total. The maximum atomic E-state index is 13.1. The molecule has 0 amide bonds. The first-order valence-corrected chi connectivity index (χ1v) is 6.08. The summed E-state index contributed by atoms with van der Waals surface area (Å²) in [5, 5.41) is 23.4. The van der Waals surface area contributed by atoms with Gasteiger partial charge in [-0.25, -0.2) is 8.78 Å². The highest BCUT2D eigenvalue weighted by Crippen LogP contribution is 2.25. The van der Waals surface area contributed by atoms with Crippen LogP contribution in [0.4, 0.5) is 20.2 Å². The molecule has 1 unspecified atom stereocenters. The quantitative estimate of drug-likeness (QED) is 0.656. The zero-order valence-electron chi connectivity index (χ0n) is 10.8. The summed E-state index contributed by atoms with van der Waals surface area (Å²) in [6, 6.07) is 8.22. The number of nitrogens with zero attached hydrogens (tertiary/aromatic N) is 1. The van der Waals surface area contributed by atoms with Crippen molar-refractivity contribution in [3.8, 4) is 0 Å². The first-order valence-electron chi connectivity index (χ1n) is 6.08. The lowest BCUT2D eigenvalue weighted by Crippen LogP contribution is -2.13. The van der Waals surface area contributed by atoms with Crippen LogP contribution in [0.3, 0.4) is 0 Å². The summed E-state index contributed by atoms with van der Waals surface area (Å²) in [4.78, 5) is 10.2. The van der Waals surface area contributed by atoms with E-state index in [9.17, 15) is 24.0 Å². The molecule has 0 spiro atoms. The number of hydrogen-bond donors (Lipinski definition) is 2. The first-order chi connectivity index (χ1) is 9.97. The summed E-state index contributed by atoms with van der Waals surface area (Å²) < 4.78 is 25.9. The van der Waals surface area contributed by atoms with Crippen molar-refractivity contribution in [2.24, 2.45) is 0 Å². The molecular formula is C14H12F2N2O3. The Hall–Kier alpha value is -2.54. The Morgan fingerprint density at radius 3 is 2.38 bits per heavy atom. The maximum absolute atomic E-state index is 13.1. The van der Waals surface area contributed by atoms with E-state index in [1.54, 1.807) is 0 Å². The molecular weight excluding hydrogens is 282 g/mol. The van der Waals surface area contributed by atoms with Crippen molar-refractivity contribution in [2.75, 3.05) is 11.9 Å². The third kappa shape index (κ3) is 3.73. The van der Waals surface area contributed by atoms with Gasteiger partial charge in [-0.15, -0.1) is 0 Å². The highest BCUT2D eigenvalue weighted by Gasteiger charge is 2.16. The standard InChI is InChI=1S/C14H12F2N2O3/c15-10-3-1-9(2-4-10)14(19)8-17-12-7-11(16)5-6-13(12)18(20)21/h1-7,14,17,19H,8H2. The molecule has 7 heteroatoms. The maximum Gasteiger partial charge on any atom is 0.292 e. The molecule has 0 aliphatic rings. The topological polar surface area (TPSA) is 75.4 Å². The van der Waals surface area contributed by atoms with Crippen LogP contribution >= 0.6 is 0 Å². The predicted molar refractivity (Wildman–Crippen MR) is 72.9 cm³/mol. The van der Waals surface area contributed by atoms with Crippen LogP contribution in [0.25, 0.3) is 0 Å². The van der Waals surface area contributed by atoms with Crippen LogP contribution < -0.4 is 5.32 Å². The molecule has 0 radical (unpaired) electrons. The van der Waals surface area contributed by atoms with E-state index in [0.29, 0.717) is 5.56 Å². The SMILES string of the molecule is O=[N+]([O-])c1ccc(F)cc1NCC(O)c1ccc(F)cc1. The largest absolute Gasteiger partial charge is 0.387 e. The molecule has 0 aliphatic heterocycles. The average molecular weight is 294 g/mol. The molecule has 2 rings (SSSR count). The Balaban J connectivity index is 2.10. The number of nitro groups is 1. The number of benzene rings is 2. The number of nitrogens with one attached hydrogen (secondary N) is 1. The molecule has 1 atom stereocenters. The smallest absolute Gasteiger partial charge is 0.292 e. The zero-order valence-corrected chi connectivity index (χ0v) is 10.8. The molecule has 0 bridgehead atoms. The van der Waals surface area contributed by atoms with Gasteiger partial charge in [-0.2, -0.15) is 0 Å². The second-order valence-corrected chi connectivity index (χ2v) is 4.37. The van der Waals surface area contributed by atoms with Crippen LogP contribution in [0.5, 0.6) is 0 Å². The van der Waals surface area contributed by atoms with Crippen molar-refractivity contribution in [1.82, 2.24) is 0 Å². The lowest BCUT2D eigenvalue weighted by molar-refractivity contribution is -0.384. The van der Waals surface area contributed by atoms with E-state index < -0.39 is 22.7 Å². The van der Waals surface area contributed by atoms with Gasteiger partial charge in [-0.05, 0) is 23.8 Å². The van der Waals surface area contributed by atoms with Crippen LogP contribution in [0.1, 0.15) is 11.7 Å². The van der Waals surface area contributed by atoms with Crippen LogP contribution in [0, 0.1) is 21.7 Å². The molecule has 110 valence electrons. The van der Waals surface area contributed by atoms with Crippen LogP contribution in [0.2, 0.25) is 0 Å². The van der Waals surface area contributed by atoms with Crippen LogP contribution in [-0.2, 0) is 0 Å². The highest BCUT2D eigenvalue weighted by molar-refractivity contribution is 5.61. The van der Waals surface area contributed by atoms with E-state index >= 15 is 0 Å². The van der Waals surface area contributed by atoms with Crippen LogP contribution in [-0.4, -0.2) is 16.6 Å². The Kier molecular flexibility index (Phi) is 4.44. The number of halogens is 2. The lowest BCUT2D eigenvalue weighted by Gasteiger charge is -2.13. The number of rotatable bonds is 5. The Morgan fingerprint density at radius 1 is 1.14 bits per heavy atom. The summed E-state index contributed by atoms with van der Waals surface area (Å²) in [7, 11) is 0. The summed E-state index contributed by atoms with van der Waals surface area (Å²) in [5.74, 6) is -1.06. The molecule has 21 heavy (non-hydrogen) atoms. The summed E-state index contributed by atoms with van der Waals surface area (Å²) in [6.45, 7) is -0.0735. The van der Waals surface area contributed by atoms with Gasteiger partial charge in [-0.3, -0.25) is 10.1 Å². The monoisotopic (exact) mass is 294 g/mol. The van der Waals surface area contributed by atoms with Gasteiger partial charge in [0.25, 0.3) is 5.69 Å². The molecule has 0 fully saturated rings. The van der Waals surface area contributed by atoms with Gasteiger partial charge < -0.3 is 10.4 Å². The summed E-state index contributed by atoms with van der Waals surface area (Å²) in [6.07, 6.45) is -1.01. The average Bonchev–Trinajstić information content (AvgIpc) is 2.45. The number of hydrogen-bond acceptors (Lipinski definition) is 4. The van der Waals surface area contributed by atoms with Crippen molar-refractivity contribution in [3.63, 3.8) is 0 Å². The van der Waals surface area contributed by atoms with Crippen molar-refractivity contribution in [2.45, 2.75) is 6.10 Å². The van der Waals surface area contributed by atoms with Crippen molar-refractivity contribution in [1.29, 1.82) is 0 Å². The van der Waals surface area contributed by atoms with Gasteiger partial charge in [0.1, 0.15) is 17.3 Å². The van der Waals surface area contributed by atoms with Gasteiger partial charge in [0.15, 0.2) is 0 Å². The summed E-state index contributed by atoms with van der Waals surface area (Å²) in [5.41, 5.74) is 0.131. The highest BCUT2D eigenvalue weighted by atomic mass is 19.1. The Bertz CT molecular complexity index is 647. The normalized spacial score (nSPS) is 12.0. The third-order valence-corrected chi connectivity index (χ3v) is 2.90. The van der Waals surface area contributed by atoms with Gasteiger partial charge in [0, 0.05) is 18.7 Å². The number of nitro benzene ring substituents is 1. The Labute approximate surface area is 119 Å². The molecule has 0 saturated carbocycles. The van der Waals surface area contributed by atoms with Crippen molar-refractivity contribution >= 4 is 11.4 Å². The third-order valence-electron chi connectivity index (χ3n) is 2.90. The fourth-order valence-corrected chi connectivity index (χ4v) is 1.82. The van der Waals surface area contributed by atoms with E-state index in [-0.39, 0.29) is 17.9 Å². The van der Waals surface area contributed by atoms with Gasteiger partial charge >= 0.3 is 0 Å². The number of aliphatic hydroxyl groups is 1. The minimum absolute atomic E-state index is 0.0267. The van der Waals surface area contributed by atoms with Gasteiger partial charge in [-0.1, -0.05) is 12.1 Å². The van der Waals surface area contributed by atoms with Crippen molar-refractivity contribution in [3.05, 3.63) is 69.8 Å². The van der Waals surface area contributed by atoms with E-state index in [4.69, 9.17) is 0 Å². The van der Waals surface area contributed by atoms with E-state index in [1.165, 1.54) is 24.3 Å². The Morgan fingerprint density at radius 2 is 1.76 bits per heavy atom. The zero-order chi connectivity index (χ0) is 15.4. The van der Waals surface area contributed by atoms with Crippen molar-refractivity contribution < 1.29 is 18.8 Å². The molecule has 0 aliphatic carbocycles.